The first-order valence-electron chi connectivity index (χ1n) is 13.5. The molecule has 0 amide bonds. The van der Waals surface area contributed by atoms with Gasteiger partial charge in [0, 0.05) is 19.3 Å². The van der Waals surface area contributed by atoms with Crippen LogP contribution in [0.5, 0.6) is 0 Å². The highest BCUT2D eigenvalue weighted by molar-refractivity contribution is 5.32. The maximum absolute atomic E-state index is 15.1. The second kappa shape index (κ2) is 12.6. The standard InChI is InChI=1S/C30H38F4O2/c1-3-36-18-23-11-10-22(27(31)28(23)32)9-6-19-4-7-20(8-5-19)25-16-17-26(30(34)29(25)33)21-12-14-24(35-2)15-13-21/h10-11,16-17,19-21,24H,3-9,12-15,18H2,1-2H3. The van der Waals surface area contributed by atoms with E-state index in [1.165, 1.54) is 0 Å². The van der Waals surface area contributed by atoms with Crippen molar-refractivity contribution < 1.29 is 27.0 Å². The van der Waals surface area contributed by atoms with Gasteiger partial charge < -0.3 is 9.47 Å². The number of hydrogen-bond donors (Lipinski definition) is 0. The lowest BCUT2D eigenvalue weighted by molar-refractivity contribution is 0.0655. The van der Waals surface area contributed by atoms with Crippen molar-refractivity contribution in [1.82, 2.24) is 0 Å². The lowest BCUT2D eigenvalue weighted by atomic mass is 9.76. The Morgan fingerprint density at radius 3 is 1.78 bits per heavy atom. The van der Waals surface area contributed by atoms with Crippen molar-refractivity contribution >= 4 is 0 Å². The van der Waals surface area contributed by atoms with Crippen LogP contribution < -0.4 is 0 Å². The molecule has 2 aliphatic rings. The number of ether oxygens (including phenoxy) is 2. The molecule has 0 unspecified atom stereocenters. The third kappa shape index (κ3) is 6.13. The van der Waals surface area contributed by atoms with Gasteiger partial charge in [-0.2, -0.15) is 0 Å². The molecule has 2 aliphatic carbocycles. The molecule has 6 heteroatoms. The molecule has 0 N–H and O–H groups in total. The first-order valence-corrected chi connectivity index (χ1v) is 13.5. The minimum Gasteiger partial charge on any atom is -0.381 e. The van der Waals surface area contributed by atoms with Crippen LogP contribution in [0.4, 0.5) is 17.6 Å². The monoisotopic (exact) mass is 506 g/mol. The van der Waals surface area contributed by atoms with E-state index in [4.69, 9.17) is 9.47 Å². The summed E-state index contributed by atoms with van der Waals surface area (Å²) < 4.78 is 69.6. The van der Waals surface area contributed by atoms with Crippen molar-refractivity contribution in [2.24, 2.45) is 5.92 Å². The largest absolute Gasteiger partial charge is 0.381 e. The number of rotatable bonds is 9. The average molecular weight is 507 g/mol. The van der Waals surface area contributed by atoms with Crippen LogP contribution in [0, 0.1) is 29.2 Å². The SMILES string of the molecule is CCOCc1ccc(CCC2CCC(c3ccc(C4CCC(OC)CC4)c(F)c3F)CC2)c(F)c1F. The zero-order valence-electron chi connectivity index (χ0n) is 21.4. The second-order valence-corrected chi connectivity index (χ2v) is 10.5. The molecule has 0 saturated heterocycles. The summed E-state index contributed by atoms with van der Waals surface area (Å²) in [4.78, 5) is 0. The summed E-state index contributed by atoms with van der Waals surface area (Å²) in [5.41, 5.74) is 1.61. The van der Waals surface area contributed by atoms with E-state index < -0.39 is 23.3 Å². The van der Waals surface area contributed by atoms with Gasteiger partial charge in [-0.3, -0.25) is 0 Å². The topological polar surface area (TPSA) is 18.5 Å². The third-order valence-corrected chi connectivity index (χ3v) is 8.40. The predicted octanol–water partition coefficient (Wildman–Crippen LogP) is 8.36. The smallest absolute Gasteiger partial charge is 0.164 e. The molecular weight excluding hydrogens is 468 g/mol. The van der Waals surface area contributed by atoms with Gasteiger partial charge >= 0.3 is 0 Å². The van der Waals surface area contributed by atoms with E-state index in [-0.39, 0.29) is 30.1 Å². The molecule has 2 aromatic carbocycles. The van der Waals surface area contributed by atoms with Gasteiger partial charge in [-0.1, -0.05) is 24.3 Å². The van der Waals surface area contributed by atoms with Crippen LogP contribution in [0.2, 0.25) is 0 Å². The van der Waals surface area contributed by atoms with Crippen LogP contribution in [-0.2, 0) is 22.5 Å². The molecule has 2 saturated carbocycles. The third-order valence-electron chi connectivity index (χ3n) is 8.40. The summed E-state index contributed by atoms with van der Waals surface area (Å²) in [5.74, 6) is -2.55. The van der Waals surface area contributed by atoms with Gasteiger partial charge in [0.15, 0.2) is 23.3 Å². The fourth-order valence-corrected chi connectivity index (χ4v) is 6.09. The van der Waals surface area contributed by atoms with Crippen molar-refractivity contribution in [2.75, 3.05) is 13.7 Å². The molecule has 0 spiro atoms. The van der Waals surface area contributed by atoms with E-state index in [9.17, 15) is 8.78 Å². The Morgan fingerprint density at radius 2 is 1.22 bits per heavy atom. The Morgan fingerprint density at radius 1 is 0.694 bits per heavy atom. The number of benzene rings is 2. The molecule has 0 atom stereocenters. The highest BCUT2D eigenvalue weighted by atomic mass is 19.2. The van der Waals surface area contributed by atoms with Crippen molar-refractivity contribution in [3.63, 3.8) is 0 Å². The van der Waals surface area contributed by atoms with E-state index in [1.807, 2.05) is 6.92 Å². The summed E-state index contributed by atoms with van der Waals surface area (Å²) in [5, 5.41) is 0. The molecule has 36 heavy (non-hydrogen) atoms. The van der Waals surface area contributed by atoms with E-state index in [0.29, 0.717) is 35.6 Å². The van der Waals surface area contributed by atoms with Crippen LogP contribution in [0.25, 0.3) is 0 Å². The zero-order valence-corrected chi connectivity index (χ0v) is 21.4. The maximum atomic E-state index is 15.1. The molecule has 2 aromatic rings. The fraction of sp³-hybridized carbons (Fsp3) is 0.600. The van der Waals surface area contributed by atoms with Crippen molar-refractivity contribution in [3.8, 4) is 0 Å². The van der Waals surface area contributed by atoms with Gasteiger partial charge in [-0.25, -0.2) is 17.6 Å². The highest BCUT2D eigenvalue weighted by Crippen LogP contribution is 2.41. The van der Waals surface area contributed by atoms with Gasteiger partial charge in [0.2, 0.25) is 0 Å². The van der Waals surface area contributed by atoms with Crippen molar-refractivity contribution in [2.45, 2.75) is 95.7 Å². The Balaban J connectivity index is 1.31. The van der Waals surface area contributed by atoms with Gasteiger partial charge in [0.1, 0.15) is 0 Å². The van der Waals surface area contributed by atoms with Gasteiger partial charge in [0.25, 0.3) is 0 Å². The molecule has 0 radical (unpaired) electrons. The maximum Gasteiger partial charge on any atom is 0.164 e. The summed E-state index contributed by atoms with van der Waals surface area (Å²) >= 11 is 0. The lowest BCUT2D eigenvalue weighted by Gasteiger charge is -2.31. The molecule has 2 fully saturated rings. The van der Waals surface area contributed by atoms with Crippen LogP contribution in [0.3, 0.4) is 0 Å². The normalized spacial score (nSPS) is 24.7. The number of hydrogen-bond acceptors (Lipinski definition) is 2. The Labute approximate surface area is 212 Å². The van der Waals surface area contributed by atoms with Gasteiger partial charge in [0.05, 0.1) is 12.7 Å². The fourth-order valence-electron chi connectivity index (χ4n) is 6.09. The molecule has 0 aromatic heterocycles. The van der Waals surface area contributed by atoms with Crippen LogP contribution in [0.15, 0.2) is 24.3 Å². The zero-order chi connectivity index (χ0) is 25.7. The molecular formula is C30H38F4O2. The molecule has 0 heterocycles. The van der Waals surface area contributed by atoms with Crippen molar-refractivity contribution in [3.05, 3.63) is 69.8 Å². The molecule has 4 rings (SSSR count). The summed E-state index contributed by atoms with van der Waals surface area (Å²) in [7, 11) is 1.70. The van der Waals surface area contributed by atoms with Crippen LogP contribution in [0.1, 0.15) is 98.8 Å². The predicted molar refractivity (Wildman–Crippen MR) is 133 cm³/mol. The van der Waals surface area contributed by atoms with Crippen LogP contribution >= 0.6 is 0 Å². The van der Waals surface area contributed by atoms with E-state index in [1.54, 1.807) is 31.4 Å². The van der Waals surface area contributed by atoms with Gasteiger partial charge in [-0.15, -0.1) is 0 Å². The van der Waals surface area contributed by atoms with E-state index in [2.05, 4.69) is 0 Å². The van der Waals surface area contributed by atoms with E-state index in [0.717, 1.165) is 57.8 Å². The first-order chi connectivity index (χ1) is 17.4. The Bertz CT molecular complexity index is 1010. The summed E-state index contributed by atoms with van der Waals surface area (Å²) in [6.45, 7) is 2.32. The van der Waals surface area contributed by atoms with E-state index >= 15 is 8.78 Å². The number of aryl methyl sites for hydroxylation is 1. The molecule has 0 bridgehead atoms. The van der Waals surface area contributed by atoms with Crippen LogP contribution in [-0.4, -0.2) is 19.8 Å². The number of halogens is 4. The Hall–Kier alpha value is -1.92. The van der Waals surface area contributed by atoms with Gasteiger partial charge in [-0.05, 0) is 106 Å². The van der Waals surface area contributed by atoms with Crippen molar-refractivity contribution in [1.29, 1.82) is 0 Å². The lowest BCUT2D eigenvalue weighted by Crippen LogP contribution is -2.20. The molecule has 198 valence electrons. The highest BCUT2D eigenvalue weighted by Gasteiger charge is 2.30. The first kappa shape index (κ1) is 27.1. The average Bonchev–Trinajstić information content (AvgIpc) is 2.91. The summed E-state index contributed by atoms with van der Waals surface area (Å²) in [6, 6.07) is 6.84. The minimum atomic E-state index is -0.822. The molecule has 0 aliphatic heterocycles. The molecule has 2 nitrogen and oxygen atoms in total. The minimum absolute atomic E-state index is 0.000979. The summed E-state index contributed by atoms with van der Waals surface area (Å²) in [6.07, 6.45) is 8.15. The second-order valence-electron chi connectivity index (χ2n) is 10.5. The Kier molecular flexibility index (Phi) is 9.46. The quantitative estimate of drug-likeness (QED) is 0.318. The number of methoxy groups -OCH3 is 1.